The molecule has 23 heavy (non-hydrogen) atoms. The second kappa shape index (κ2) is 7.19. The zero-order valence-corrected chi connectivity index (χ0v) is 18.0. The van der Waals surface area contributed by atoms with Crippen LogP contribution < -0.4 is 8.92 Å². The third-order valence-electron chi connectivity index (χ3n) is 3.56. The molecule has 0 radical (unpaired) electrons. The maximum atomic E-state index is 2.69. The molecular weight excluding hydrogens is 357 g/mol. The Hall–Kier alpha value is -1.11. The summed E-state index contributed by atoms with van der Waals surface area (Å²) in [5.41, 5.74) is 1.52. The molecule has 2 aromatic rings. The Morgan fingerprint density at radius 1 is 0.826 bits per heavy atom. The number of anilines is 1. The summed E-state index contributed by atoms with van der Waals surface area (Å²) in [6, 6.07) is 21.9. The zero-order valence-electron chi connectivity index (χ0n) is 15.2. The van der Waals surface area contributed by atoms with Crippen molar-refractivity contribution in [3.8, 4) is 0 Å². The molecule has 1 nitrogen and oxygen atoms in total. The molecular formula is C20H28AsNSi. The van der Waals surface area contributed by atoms with Crippen LogP contribution >= 0.6 is 0 Å². The van der Waals surface area contributed by atoms with Crippen molar-refractivity contribution in [3.63, 3.8) is 0 Å². The fraction of sp³-hybridized carbons (Fsp3) is 0.350. The Bertz CT molecular complexity index is 652. The Morgan fingerprint density at radius 3 is 1.74 bits per heavy atom. The number of nitrogens with zero attached hydrogens (tertiary/aromatic N) is 1. The van der Waals surface area contributed by atoms with Crippen molar-refractivity contribution in [2.45, 2.75) is 40.4 Å². The van der Waals surface area contributed by atoms with Gasteiger partial charge in [-0.05, 0) is 0 Å². The van der Waals surface area contributed by atoms with Crippen LogP contribution in [0.15, 0.2) is 60.7 Å². The van der Waals surface area contributed by atoms with Gasteiger partial charge in [0, 0.05) is 0 Å². The van der Waals surface area contributed by atoms with E-state index in [2.05, 4.69) is 106 Å². The van der Waals surface area contributed by atoms with Gasteiger partial charge in [0.05, 0.1) is 0 Å². The molecule has 0 spiro atoms. The van der Waals surface area contributed by atoms with Gasteiger partial charge in [0.15, 0.2) is 0 Å². The molecule has 0 bridgehead atoms. The first-order valence-electron chi connectivity index (χ1n) is 8.19. The summed E-state index contributed by atoms with van der Waals surface area (Å²) >= 11 is -0.00824. The number of rotatable bonds is 4. The molecule has 2 rings (SSSR count). The summed E-state index contributed by atoms with van der Waals surface area (Å²) in [6.45, 7) is 14.4. The fourth-order valence-corrected chi connectivity index (χ4v) is 8.97. The van der Waals surface area contributed by atoms with E-state index in [1.54, 1.807) is 4.43 Å². The van der Waals surface area contributed by atoms with E-state index in [0.717, 1.165) is 0 Å². The molecule has 0 amide bonds. The van der Waals surface area contributed by atoms with Gasteiger partial charge >= 0.3 is 149 Å². The van der Waals surface area contributed by atoms with Crippen LogP contribution in [0.1, 0.15) is 20.8 Å². The van der Waals surface area contributed by atoms with Crippen LogP contribution in [0.3, 0.4) is 0 Å². The Balaban J connectivity index is 2.62. The normalized spacial score (nSPS) is 13.0. The molecule has 0 N–H and O–H groups in total. The van der Waals surface area contributed by atoms with E-state index < -0.39 is 8.24 Å². The van der Waals surface area contributed by atoms with Crippen LogP contribution in [0.25, 0.3) is 0 Å². The van der Waals surface area contributed by atoms with Crippen LogP contribution in [0.5, 0.6) is 0 Å². The molecule has 0 atom stereocenters. The number of hydrogen-bond donors (Lipinski definition) is 0. The molecule has 0 aliphatic carbocycles. The summed E-state index contributed by atoms with van der Waals surface area (Å²) in [5, 5.41) is 0. The van der Waals surface area contributed by atoms with Crippen molar-refractivity contribution in [1.82, 2.24) is 0 Å². The molecule has 2 aromatic carbocycles. The number of hydrogen-bond acceptors (Lipinski definition) is 1. The summed E-state index contributed by atoms with van der Waals surface area (Å²) in [4.78, 5) is 0. The van der Waals surface area contributed by atoms with Crippen LogP contribution in [0.2, 0.25) is 19.6 Å². The van der Waals surface area contributed by atoms with Crippen LogP contribution in [0, 0.1) is 5.41 Å². The third kappa shape index (κ3) is 4.93. The van der Waals surface area contributed by atoms with E-state index in [1.807, 2.05) is 0 Å². The molecule has 0 saturated heterocycles. The molecule has 0 saturated carbocycles. The number of para-hydroxylation sites is 1. The Kier molecular flexibility index (Phi) is 5.70. The van der Waals surface area contributed by atoms with Crippen molar-refractivity contribution >= 4 is 38.0 Å². The summed E-state index contributed by atoms with van der Waals surface area (Å²) < 4.78 is 5.78. The molecule has 0 aliphatic rings. The van der Waals surface area contributed by atoms with Crippen molar-refractivity contribution in [2.75, 3.05) is 4.57 Å². The predicted molar refractivity (Wildman–Crippen MR) is 109 cm³/mol. The van der Waals surface area contributed by atoms with Gasteiger partial charge in [0.2, 0.25) is 0 Å². The van der Waals surface area contributed by atoms with Gasteiger partial charge in [-0.2, -0.15) is 0 Å². The zero-order chi connectivity index (χ0) is 17.1. The minimum atomic E-state index is -1.53. The summed E-state index contributed by atoms with van der Waals surface area (Å²) in [5.74, 6) is 0. The van der Waals surface area contributed by atoms with Gasteiger partial charge in [-0.1, -0.05) is 0 Å². The van der Waals surface area contributed by atoms with E-state index in [9.17, 15) is 0 Å². The first-order chi connectivity index (χ1) is 10.7. The van der Waals surface area contributed by atoms with Crippen molar-refractivity contribution < 1.29 is 0 Å². The molecule has 122 valence electrons. The topological polar surface area (TPSA) is 3.24 Å². The maximum absolute atomic E-state index is 2.69. The van der Waals surface area contributed by atoms with Gasteiger partial charge in [0.25, 0.3) is 0 Å². The second-order valence-corrected chi connectivity index (χ2v) is 15.1. The van der Waals surface area contributed by atoms with Crippen LogP contribution in [-0.2, 0) is 0 Å². The Morgan fingerprint density at radius 2 is 1.30 bits per heavy atom. The monoisotopic (exact) mass is 385 g/mol. The number of benzene rings is 2. The van der Waals surface area contributed by atoms with Crippen LogP contribution in [-0.4, -0.2) is 28.0 Å². The Labute approximate surface area is 149 Å². The molecule has 0 aromatic heterocycles. The fourth-order valence-electron chi connectivity index (χ4n) is 2.58. The van der Waals surface area contributed by atoms with E-state index in [4.69, 9.17) is 0 Å². The minimum absolute atomic E-state index is 0.00824. The van der Waals surface area contributed by atoms with E-state index in [-0.39, 0.29) is 20.7 Å². The van der Waals surface area contributed by atoms with Gasteiger partial charge in [-0.3, -0.25) is 0 Å². The second-order valence-electron chi connectivity index (χ2n) is 7.86. The van der Waals surface area contributed by atoms with E-state index >= 15 is 0 Å². The SMILES string of the molecule is CC(C)(C)C(=[As]c1ccccc1)N(c1ccccc1)[Si](C)(C)C. The molecule has 0 heterocycles. The average molecular weight is 385 g/mol. The molecule has 0 unspecified atom stereocenters. The van der Waals surface area contributed by atoms with Crippen LogP contribution in [0.4, 0.5) is 5.69 Å². The van der Waals surface area contributed by atoms with Gasteiger partial charge in [0.1, 0.15) is 0 Å². The average Bonchev–Trinajstić information content (AvgIpc) is 2.46. The van der Waals surface area contributed by atoms with Crippen molar-refractivity contribution in [1.29, 1.82) is 0 Å². The third-order valence-corrected chi connectivity index (χ3v) is 9.23. The standard InChI is InChI=1S/C20H28AsNSi/c1-20(2,3)19(21-17-13-9-7-10-14-17)22(23(4,5)6)18-15-11-8-12-16-18/h7-16H,1-6H3. The first kappa shape index (κ1) is 18.2. The first-order valence-corrected chi connectivity index (χ1v) is 13.5. The van der Waals surface area contributed by atoms with Crippen molar-refractivity contribution in [3.05, 3.63) is 60.7 Å². The summed E-state index contributed by atoms with van der Waals surface area (Å²) in [6.07, 6.45) is 0. The van der Waals surface area contributed by atoms with Gasteiger partial charge in [-0.25, -0.2) is 0 Å². The van der Waals surface area contributed by atoms with E-state index in [0.29, 0.717) is 0 Å². The predicted octanol–water partition coefficient (Wildman–Crippen LogP) is 4.53. The molecule has 0 fully saturated rings. The quantitative estimate of drug-likeness (QED) is 0.699. The molecule has 0 aliphatic heterocycles. The van der Waals surface area contributed by atoms with E-state index in [1.165, 1.54) is 10.0 Å². The summed E-state index contributed by atoms with van der Waals surface area (Å²) in [7, 11) is -1.53. The van der Waals surface area contributed by atoms with Gasteiger partial charge < -0.3 is 0 Å². The molecule has 3 heteroatoms. The van der Waals surface area contributed by atoms with Crippen molar-refractivity contribution in [2.24, 2.45) is 5.41 Å². The van der Waals surface area contributed by atoms with Gasteiger partial charge in [-0.15, -0.1) is 0 Å².